The van der Waals surface area contributed by atoms with Crippen molar-refractivity contribution in [1.29, 1.82) is 0 Å². The maximum atomic E-state index is 12.9. The first-order valence-corrected chi connectivity index (χ1v) is 11.0. The summed E-state index contributed by atoms with van der Waals surface area (Å²) in [7, 11) is 0. The van der Waals surface area contributed by atoms with Gasteiger partial charge in [-0.25, -0.2) is 0 Å². The molecule has 4 nitrogen and oxygen atoms in total. The van der Waals surface area contributed by atoms with Crippen LogP contribution in [-0.4, -0.2) is 47.9 Å². The minimum atomic E-state index is 0.160. The fourth-order valence-electron chi connectivity index (χ4n) is 4.64. The van der Waals surface area contributed by atoms with Crippen molar-refractivity contribution >= 4 is 5.91 Å². The third kappa shape index (κ3) is 4.99. The van der Waals surface area contributed by atoms with E-state index < -0.39 is 0 Å². The Morgan fingerprint density at radius 2 is 1.62 bits per heavy atom. The van der Waals surface area contributed by atoms with Crippen LogP contribution in [0, 0.1) is 5.92 Å². The van der Waals surface area contributed by atoms with E-state index in [4.69, 9.17) is 4.74 Å². The number of piperidine rings is 1. The van der Waals surface area contributed by atoms with Gasteiger partial charge in [-0.1, -0.05) is 30.3 Å². The van der Waals surface area contributed by atoms with Gasteiger partial charge in [-0.3, -0.25) is 4.79 Å². The highest BCUT2D eigenvalue weighted by Gasteiger charge is 2.30. The molecule has 2 saturated heterocycles. The average Bonchev–Trinajstić information content (AvgIpc) is 3.33. The molecule has 2 aliphatic rings. The van der Waals surface area contributed by atoms with Crippen molar-refractivity contribution in [1.82, 2.24) is 9.80 Å². The van der Waals surface area contributed by atoms with E-state index in [1.54, 1.807) is 0 Å². The Morgan fingerprint density at radius 3 is 2.28 bits per heavy atom. The van der Waals surface area contributed by atoms with E-state index in [9.17, 15) is 4.79 Å². The molecule has 1 unspecified atom stereocenters. The summed E-state index contributed by atoms with van der Waals surface area (Å²) in [5.41, 5.74) is 1.85. The van der Waals surface area contributed by atoms with Crippen LogP contribution in [0.1, 0.15) is 48.5 Å². The van der Waals surface area contributed by atoms with Crippen molar-refractivity contribution in [2.75, 3.05) is 26.2 Å². The standard InChI is InChI=1S/C25H32N2O2/c1-20(26-15-5-6-16-26)22-13-17-27(18-14-22)25(28)23-11-9-21(10-12-23)19-29-24-7-3-2-4-8-24/h2-4,7-12,20,22H,5-6,13-19H2,1H3. The average molecular weight is 393 g/mol. The molecule has 4 heteroatoms. The van der Waals surface area contributed by atoms with Crippen LogP contribution in [0.25, 0.3) is 0 Å². The Balaban J connectivity index is 1.27. The van der Waals surface area contributed by atoms with Gasteiger partial charge in [0.05, 0.1) is 0 Å². The summed E-state index contributed by atoms with van der Waals surface area (Å²) in [6.45, 7) is 7.14. The molecule has 1 amide bonds. The first-order valence-electron chi connectivity index (χ1n) is 11.0. The highest BCUT2D eigenvalue weighted by molar-refractivity contribution is 5.94. The Bertz CT molecular complexity index is 776. The quantitative estimate of drug-likeness (QED) is 0.720. The predicted octanol–water partition coefficient (Wildman–Crippen LogP) is 4.60. The zero-order valence-electron chi connectivity index (χ0n) is 17.4. The van der Waals surface area contributed by atoms with E-state index in [0.29, 0.717) is 12.6 Å². The second-order valence-corrected chi connectivity index (χ2v) is 8.41. The number of hydrogen-bond donors (Lipinski definition) is 0. The largest absolute Gasteiger partial charge is 0.489 e. The van der Waals surface area contributed by atoms with Gasteiger partial charge < -0.3 is 14.5 Å². The third-order valence-electron chi connectivity index (χ3n) is 6.58. The fourth-order valence-corrected chi connectivity index (χ4v) is 4.64. The number of para-hydroxylation sites is 1. The van der Waals surface area contributed by atoms with Crippen LogP contribution in [0.15, 0.2) is 54.6 Å². The monoisotopic (exact) mass is 392 g/mol. The third-order valence-corrected chi connectivity index (χ3v) is 6.58. The molecule has 0 saturated carbocycles. The van der Waals surface area contributed by atoms with Crippen LogP contribution < -0.4 is 4.74 Å². The van der Waals surface area contributed by atoms with E-state index in [2.05, 4.69) is 11.8 Å². The van der Waals surface area contributed by atoms with Crippen LogP contribution in [0.2, 0.25) is 0 Å². The maximum absolute atomic E-state index is 12.9. The van der Waals surface area contributed by atoms with Gasteiger partial charge in [-0.2, -0.15) is 0 Å². The van der Waals surface area contributed by atoms with E-state index in [1.165, 1.54) is 25.9 Å². The molecule has 0 spiro atoms. The predicted molar refractivity (Wildman–Crippen MR) is 116 cm³/mol. The number of hydrogen-bond acceptors (Lipinski definition) is 3. The van der Waals surface area contributed by atoms with Crippen molar-refractivity contribution < 1.29 is 9.53 Å². The van der Waals surface area contributed by atoms with E-state index >= 15 is 0 Å². The lowest BCUT2D eigenvalue weighted by atomic mass is 9.89. The van der Waals surface area contributed by atoms with E-state index in [-0.39, 0.29) is 5.91 Å². The maximum Gasteiger partial charge on any atom is 0.253 e. The second kappa shape index (κ2) is 9.45. The van der Waals surface area contributed by atoms with E-state index in [0.717, 1.165) is 48.7 Å². The smallest absolute Gasteiger partial charge is 0.253 e. The molecule has 2 aliphatic heterocycles. The number of amides is 1. The Hall–Kier alpha value is -2.33. The minimum absolute atomic E-state index is 0.160. The number of carbonyl (C=O) groups excluding carboxylic acids is 1. The van der Waals surface area contributed by atoms with Crippen molar-refractivity contribution in [3.63, 3.8) is 0 Å². The number of benzene rings is 2. The summed E-state index contributed by atoms with van der Waals surface area (Å²) in [5.74, 6) is 1.74. The Kier molecular flexibility index (Phi) is 6.50. The Morgan fingerprint density at radius 1 is 0.966 bits per heavy atom. The van der Waals surface area contributed by atoms with Gasteiger partial charge in [0.25, 0.3) is 5.91 Å². The molecule has 0 aliphatic carbocycles. The van der Waals surface area contributed by atoms with Gasteiger partial charge in [-0.15, -0.1) is 0 Å². The first-order chi connectivity index (χ1) is 14.2. The number of ether oxygens (including phenoxy) is 1. The summed E-state index contributed by atoms with van der Waals surface area (Å²) in [6.07, 6.45) is 4.92. The van der Waals surface area contributed by atoms with Gasteiger partial charge in [0.15, 0.2) is 0 Å². The van der Waals surface area contributed by atoms with Gasteiger partial charge in [0, 0.05) is 24.7 Å². The zero-order valence-corrected chi connectivity index (χ0v) is 17.4. The van der Waals surface area contributed by atoms with Gasteiger partial charge in [0.1, 0.15) is 12.4 Å². The number of carbonyl (C=O) groups is 1. The SMILES string of the molecule is CC(C1CCN(C(=O)c2ccc(COc3ccccc3)cc2)CC1)N1CCCC1. The lowest BCUT2D eigenvalue weighted by Crippen LogP contribution is -2.45. The summed E-state index contributed by atoms with van der Waals surface area (Å²) < 4.78 is 5.79. The van der Waals surface area contributed by atoms with Crippen LogP contribution in [-0.2, 0) is 6.61 Å². The summed E-state index contributed by atoms with van der Waals surface area (Å²) >= 11 is 0. The molecule has 29 heavy (non-hydrogen) atoms. The molecule has 0 radical (unpaired) electrons. The molecular formula is C25H32N2O2. The van der Waals surface area contributed by atoms with Gasteiger partial charge >= 0.3 is 0 Å². The minimum Gasteiger partial charge on any atom is -0.489 e. The number of likely N-dealkylation sites (tertiary alicyclic amines) is 2. The molecule has 0 aromatic heterocycles. The zero-order chi connectivity index (χ0) is 20.1. The molecule has 1 atom stereocenters. The van der Waals surface area contributed by atoms with Crippen LogP contribution in [0.3, 0.4) is 0 Å². The Labute approximate surface area is 174 Å². The summed E-state index contributed by atoms with van der Waals surface area (Å²) in [5, 5.41) is 0. The fraction of sp³-hybridized carbons (Fsp3) is 0.480. The van der Waals surface area contributed by atoms with Crippen molar-refractivity contribution in [3.05, 3.63) is 65.7 Å². The van der Waals surface area contributed by atoms with Gasteiger partial charge in [0.2, 0.25) is 0 Å². The summed E-state index contributed by atoms with van der Waals surface area (Å²) in [4.78, 5) is 17.6. The lowest BCUT2D eigenvalue weighted by Gasteiger charge is -2.38. The highest BCUT2D eigenvalue weighted by Crippen LogP contribution is 2.27. The van der Waals surface area contributed by atoms with Crippen LogP contribution in [0.5, 0.6) is 5.75 Å². The molecule has 2 aromatic rings. The molecule has 2 fully saturated rings. The number of nitrogens with zero attached hydrogens (tertiary/aromatic N) is 2. The molecule has 0 bridgehead atoms. The van der Waals surface area contributed by atoms with Gasteiger partial charge in [-0.05, 0) is 81.4 Å². The molecule has 4 rings (SSSR count). The van der Waals surface area contributed by atoms with Crippen molar-refractivity contribution in [2.45, 2.75) is 45.3 Å². The highest BCUT2D eigenvalue weighted by atomic mass is 16.5. The first kappa shape index (κ1) is 20.0. The molecule has 2 heterocycles. The topological polar surface area (TPSA) is 32.8 Å². The summed E-state index contributed by atoms with van der Waals surface area (Å²) in [6, 6.07) is 18.3. The number of rotatable bonds is 6. The normalized spacial score (nSPS) is 19.3. The van der Waals surface area contributed by atoms with Crippen LogP contribution in [0.4, 0.5) is 0 Å². The molecular weight excluding hydrogens is 360 g/mol. The van der Waals surface area contributed by atoms with Crippen molar-refractivity contribution in [2.24, 2.45) is 5.92 Å². The second-order valence-electron chi connectivity index (χ2n) is 8.41. The molecule has 154 valence electrons. The van der Waals surface area contributed by atoms with Crippen molar-refractivity contribution in [3.8, 4) is 5.75 Å². The lowest BCUT2D eigenvalue weighted by molar-refractivity contribution is 0.0624. The molecule has 2 aromatic carbocycles. The molecule has 0 N–H and O–H groups in total. The van der Waals surface area contributed by atoms with Crippen LogP contribution >= 0.6 is 0 Å². The van der Waals surface area contributed by atoms with E-state index in [1.807, 2.05) is 59.5 Å².